The molecule has 1 aromatic rings. The Bertz CT molecular complexity index is 278. The zero-order valence-corrected chi connectivity index (χ0v) is 9.77. The van der Waals surface area contributed by atoms with E-state index in [2.05, 4.69) is 0 Å². The molecule has 0 radical (unpaired) electrons. The molecule has 0 aliphatic heterocycles. The Hall–Kier alpha value is -0.930. The maximum Gasteiger partial charge on any atom is 0.0464 e. The summed E-state index contributed by atoms with van der Waals surface area (Å²) in [6.07, 6.45) is 0. The smallest absolute Gasteiger partial charge is 0.0464 e. The van der Waals surface area contributed by atoms with Crippen LogP contribution in [0.5, 0.6) is 0 Å². The molecule has 0 fully saturated rings. The van der Waals surface area contributed by atoms with E-state index in [1.165, 1.54) is 5.56 Å². The zero-order valence-electron chi connectivity index (χ0n) is 8.95. The summed E-state index contributed by atoms with van der Waals surface area (Å²) in [4.78, 5) is 0. The lowest BCUT2D eigenvalue weighted by Crippen LogP contribution is -1.95. The first-order chi connectivity index (χ1) is 6.74. The fraction of sp³-hybridized carbons (Fsp3) is 0.273. The van der Waals surface area contributed by atoms with E-state index in [1.807, 2.05) is 45.0 Å². The van der Waals surface area contributed by atoms with Crippen LogP contribution in [-0.2, 0) is 0 Å². The van der Waals surface area contributed by atoms with Gasteiger partial charge in [0.25, 0.3) is 0 Å². The van der Waals surface area contributed by atoms with E-state index in [-0.39, 0.29) is 0 Å². The third-order valence-electron chi connectivity index (χ3n) is 1.58. The van der Waals surface area contributed by atoms with Crippen LogP contribution in [0.1, 0.15) is 25.0 Å². The molecule has 0 bridgehead atoms. The quantitative estimate of drug-likeness (QED) is 0.738. The predicted molar refractivity (Wildman–Crippen MR) is 66.5 cm³/mol. The van der Waals surface area contributed by atoms with Gasteiger partial charge in [-0.05, 0) is 12.5 Å². The molecular weight excluding hydrogens is 192 g/mol. The van der Waals surface area contributed by atoms with Crippen LogP contribution in [0.3, 0.4) is 0 Å². The van der Waals surface area contributed by atoms with Gasteiger partial charge in [-0.2, -0.15) is 0 Å². The van der Waals surface area contributed by atoms with Crippen molar-refractivity contribution in [3.63, 3.8) is 0 Å². The third kappa shape index (κ3) is 4.35. The van der Waals surface area contributed by atoms with Gasteiger partial charge >= 0.3 is 0 Å². The number of hydrogen-bond acceptors (Lipinski definition) is 3. The molecule has 4 N–H and O–H groups in total. The minimum Gasteiger partial charge on any atom is -0.398 e. The Kier molecular flexibility index (Phi) is 6.98. The maximum absolute atomic E-state index is 5.72. The van der Waals surface area contributed by atoms with Gasteiger partial charge in [-0.15, -0.1) is 0 Å². The van der Waals surface area contributed by atoms with Crippen molar-refractivity contribution in [1.29, 1.82) is 0 Å². The van der Waals surface area contributed by atoms with Crippen molar-refractivity contribution in [1.82, 2.24) is 0 Å². The minimum absolute atomic E-state index is 0.711. The van der Waals surface area contributed by atoms with Gasteiger partial charge in [0.05, 0.1) is 0 Å². The molecule has 0 aromatic heterocycles. The molecule has 0 unspecified atom stereocenters. The number of aryl methyl sites for hydroxylation is 1. The molecular formula is C11H18N2S. The molecule has 78 valence electrons. The van der Waals surface area contributed by atoms with Gasteiger partial charge in [0.15, 0.2) is 0 Å². The summed E-state index contributed by atoms with van der Waals surface area (Å²) in [5.74, 6) is 0. The Balaban J connectivity index is 0.000000791. The van der Waals surface area contributed by atoms with Crippen LogP contribution >= 0.6 is 11.9 Å². The molecule has 0 saturated heterocycles. The summed E-state index contributed by atoms with van der Waals surface area (Å²) >= 11 is 1.12. The fourth-order valence-corrected chi connectivity index (χ4v) is 1.17. The first kappa shape index (κ1) is 13.1. The van der Waals surface area contributed by atoms with E-state index in [0.29, 0.717) is 5.70 Å². The monoisotopic (exact) mass is 210 g/mol. The molecule has 0 aliphatic rings. The molecule has 0 aliphatic carbocycles. The SMILES string of the molecule is CC.Cc1ccc(/C(N)=C/SN)cc1. The average molecular weight is 210 g/mol. The van der Waals surface area contributed by atoms with Crippen molar-refractivity contribution in [2.24, 2.45) is 10.9 Å². The molecule has 0 heterocycles. The molecule has 2 nitrogen and oxygen atoms in total. The van der Waals surface area contributed by atoms with Crippen molar-refractivity contribution in [3.05, 3.63) is 40.8 Å². The van der Waals surface area contributed by atoms with Crippen LogP contribution in [0.15, 0.2) is 29.7 Å². The van der Waals surface area contributed by atoms with Gasteiger partial charge in [0, 0.05) is 11.1 Å². The number of rotatable bonds is 2. The first-order valence-corrected chi connectivity index (χ1v) is 5.56. The van der Waals surface area contributed by atoms with Crippen molar-refractivity contribution >= 4 is 17.6 Å². The lowest BCUT2D eigenvalue weighted by Gasteiger charge is -2.00. The summed E-state index contributed by atoms with van der Waals surface area (Å²) in [6.45, 7) is 6.04. The van der Waals surface area contributed by atoms with Gasteiger partial charge in [0.1, 0.15) is 0 Å². The van der Waals surface area contributed by atoms with Gasteiger partial charge in [-0.3, -0.25) is 5.14 Å². The van der Waals surface area contributed by atoms with Gasteiger partial charge in [-0.1, -0.05) is 55.6 Å². The molecule has 0 saturated carbocycles. The molecule has 1 rings (SSSR count). The maximum atomic E-state index is 5.72. The molecule has 0 amide bonds. The van der Waals surface area contributed by atoms with Crippen LogP contribution in [0, 0.1) is 6.92 Å². The van der Waals surface area contributed by atoms with Crippen molar-refractivity contribution in [2.75, 3.05) is 0 Å². The van der Waals surface area contributed by atoms with E-state index in [9.17, 15) is 0 Å². The van der Waals surface area contributed by atoms with Crippen molar-refractivity contribution in [3.8, 4) is 0 Å². The Labute approximate surface area is 90.5 Å². The van der Waals surface area contributed by atoms with Crippen molar-refractivity contribution in [2.45, 2.75) is 20.8 Å². The number of nitrogens with two attached hydrogens (primary N) is 2. The Morgan fingerprint density at radius 2 is 1.71 bits per heavy atom. The largest absolute Gasteiger partial charge is 0.398 e. The second-order valence-electron chi connectivity index (χ2n) is 2.58. The molecule has 3 heteroatoms. The third-order valence-corrected chi connectivity index (χ3v) is 1.97. The van der Waals surface area contributed by atoms with Gasteiger partial charge in [-0.25, -0.2) is 0 Å². The second-order valence-corrected chi connectivity index (χ2v) is 3.08. The molecule has 0 atom stereocenters. The standard InChI is InChI=1S/C9H12N2S.C2H6/c1-7-2-4-8(5-3-7)9(10)6-12-11;1-2/h2-6H,10-11H2,1H3;1-2H3/b9-6-;. The summed E-state index contributed by atoms with van der Waals surface area (Å²) in [5, 5.41) is 6.98. The summed E-state index contributed by atoms with van der Waals surface area (Å²) < 4.78 is 0. The topological polar surface area (TPSA) is 52.0 Å². The summed E-state index contributed by atoms with van der Waals surface area (Å²) in [6, 6.07) is 8.02. The van der Waals surface area contributed by atoms with Crippen LogP contribution in [0.25, 0.3) is 5.70 Å². The highest BCUT2D eigenvalue weighted by Crippen LogP contribution is 2.11. The Morgan fingerprint density at radius 3 is 2.14 bits per heavy atom. The van der Waals surface area contributed by atoms with E-state index in [0.717, 1.165) is 17.5 Å². The molecule has 14 heavy (non-hydrogen) atoms. The van der Waals surface area contributed by atoms with Crippen LogP contribution < -0.4 is 10.9 Å². The summed E-state index contributed by atoms with van der Waals surface area (Å²) in [5.41, 5.74) is 8.67. The highest BCUT2D eigenvalue weighted by atomic mass is 32.2. The van der Waals surface area contributed by atoms with Gasteiger partial charge in [0.2, 0.25) is 0 Å². The van der Waals surface area contributed by atoms with Crippen LogP contribution in [-0.4, -0.2) is 0 Å². The molecule has 1 aromatic carbocycles. The van der Waals surface area contributed by atoms with Crippen LogP contribution in [0.2, 0.25) is 0 Å². The van der Waals surface area contributed by atoms with E-state index in [1.54, 1.807) is 5.41 Å². The lowest BCUT2D eigenvalue weighted by molar-refractivity contribution is 1.43. The van der Waals surface area contributed by atoms with E-state index < -0.39 is 0 Å². The highest BCUT2D eigenvalue weighted by molar-refractivity contribution is 8.00. The van der Waals surface area contributed by atoms with Crippen molar-refractivity contribution < 1.29 is 0 Å². The predicted octanol–water partition coefficient (Wildman–Crippen LogP) is 2.89. The first-order valence-electron chi connectivity index (χ1n) is 4.62. The second kappa shape index (κ2) is 7.47. The average Bonchev–Trinajstić information content (AvgIpc) is 2.22. The van der Waals surface area contributed by atoms with Gasteiger partial charge < -0.3 is 5.73 Å². The number of benzene rings is 1. The normalized spacial score (nSPS) is 10.4. The Morgan fingerprint density at radius 1 is 1.21 bits per heavy atom. The fourth-order valence-electron chi connectivity index (χ4n) is 0.887. The lowest BCUT2D eigenvalue weighted by atomic mass is 10.1. The van der Waals surface area contributed by atoms with Crippen LogP contribution in [0.4, 0.5) is 0 Å². The minimum atomic E-state index is 0.711. The molecule has 0 spiro atoms. The van der Waals surface area contributed by atoms with E-state index in [4.69, 9.17) is 10.9 Å². The number of hydrogen-bond donors (Lipinski definition) is 2. The zero-order chi connectivity index (χ0) is 11.0. The highest BCUT2D eigenvalue weighted by Gasteiger charge is 1.93. The summed E-state index contributed by atoms with van der Waals surface area (Å²) in [7, 11) is 0. The van der Waals surface area contributed by atoms with E-state index >= 15 is 0 Å².